The van der Waals surface area contributed by atoms with Gasteiger partial charge in [-0.15, -0.1) is 0 Å². The fraction of sp³-hybridized carbons (Fsp3) is 0.250. The maximum absolute atomic E-state index is 4.58. The van der Waals surface area contributed by atoms with Crippen molar-refractivity contribution >= 4 is 5.95 Å². The Hall–Kier alpha value is -2.56. The van der Waals surface area contributed by atoms with Crippen molar-refractivity contribution in [3.8, 4) is 5.69 Å². The molecular formula is C16H19N5. The van der Waals surface area contributed by atoms with Gasteiger partial charge in [-0.3, -0.25) is 9.25 Å². The minimum absolute atomic E-state index is 0.231. The van der Waals surface area contributed by atoms with Crippen LogP contribution < -0.4 is 5.32 Å². The van der Waals surface area contributed by atoms with Crippen LogP contribution in [-0.2, 0) is 6.54 Å². The second kappa shape index (κ2) is 5.83. The molecule has 108 valence electrons. The van der Waals surface area contributed by atoms with Crippen LogP contribution in [0.4, 0.5) is 5.95 Å². The van der Waals surface area contributed by atoms with Crippen molar-refractivity contribution < 1.29 is 0 Å². The summed E-state index contributed by atoms with van der Waals surface area (Å²) in [5.41, 5.74) is 2.10. The number of nitrogens with one attached hydrogen (secondary N) is 1. The summed E-state index contributed by atoms with van der Waals surface area (Å²) < 4.78 is 4.00. The summed E-state index contributed by atoms with van der Waals surface area (Å²) in [6.07, 6.45) is 5.80. The van der Waals surface area contributed by atoms with Crippen molar-refractivity contribution in [1.82, 2.24) is 19.3 Å². The first kappa shape index (κ1) is 13.4. The van der Waals surface area contributed by atoms with Gasteiger partial charge in [0.15, 0.2) is 0 Å². The van der Waals surface area contributed by atoms with Gasteiger partial charge < -0.3 is 5.32 Å². The normalized spacial score (nSPS) is 12.3. The van der Waals surface area contributed by atoms with Crippen LogP contribution in [0, 0.1) is 6.92 Å². The molecule has 5 nitrogen and oxygen atoms in total. The third kappa shape index (κ3) is 3.13. The number of hydrogen-bond donors (Lipinski definition) is 1. The lowest BCUT2D eigenvalue weighted by atomic mass is 10.3. The second-order valence-corrected chi connectivity index (χ2v) is 5.18. The molecule has 0 saturated heterocycles. The van der Waals surface area contributed by atoms with Gasteiger partial charge in [-0.1, -0.05) is 18.2 Å². The topological polar surface area (TPSA) is 47.7 Å². The summed E-state index contributed by atoms with van der Waals surface area (Å²) in [6.45, 7) is 4.93. The summed E-state index contributed by atoms with van der Waals surface area (Å²) >= 11 is 0. The molecule has 0 aliphatic heterocycles. The summed E-state index contributed by atoms with van der Waals surface area (Å²) in [6, 6.07) is 12.4. The maximum atomic E-state index is 4.58. The number of para-hydroxylation sites is 1. The first-order valence-corrected chi connectivity index (χ1v) is 7.08. The highest BCUT2D eigenvalue weighted by Gasteiger charge is 2.11. The molecule has 1 atom stereocenters. The molecule has 21 heavy (non-hydrogen) atoms. The van der Waals surface area contributed by atoms with E-state index < -0.39 is 0 Å². The fourth-order valence-corrected chi connectivity index (χ4v) is 2.34. The van der Waals surface area contributed by atoms with E-state index in [0.717, 1.165) is 23.9 Å². The van der Waals surface area contributed by atoms with Crippen LogP contribution in [0.1, 0.15) is 12.6 Å². The zero-order valence-electron chi connectivity index (χ0n) is 12.3. The van der Waals surface area contributed by atoms with Gasteiger partial charge in [0.25, 0.3) is 0 Å². The Morgan fingerprint density at radius 3 is 2.71 bits per heavy atom. The molecule has 3 aromatic rings. The van der Waals surface area contributed by atoms with Crippen LogP contribution >= 0.6 is 0 Å². The fourth-order valence-electron chi connectivity index (χ4n) is 2.34. The molecule has 0 saturated carbocycles. The van der Waals surface area contributed by atoms with Crippen LogP contribution in [0.5, 0.6) is 0 Å². The molecule has 2 heterocycles. The molecular weight excluding hydrogens is 262 g/mol. The van der Waals surface area contributed by atoms with Gasteiger partial charge in [-0.2, -0.15) is 5.10 Å². The Morgan fingerprint density at radius 2 is 2.00 bits per heavy atom. The number of aromatic nitrogens is 4. The van der Waals surface area contributed by atoms with E-state index in [2.05, 4.69) is 39.0 Å². The highest BCUT2D eigenvalue weighted by Crippen LogP contribution is 2.17. The largest absolute Gasteiger partial charge is 0.351 e. The molecule has 0 radical (unpaired) electrons. The van der Waals surface area contributed by atoms with E-state index >= 15 is 0 Å². The van der Waals surface area contributed by atoms with E-state index in [4.69, 9.17) is 0 Å². The Bertz CT molecular complexity index is 685. The predicted octanol–water partition coefficient (Wildman–Crippen LogP) is 2.88. The Morgan fingerprint density at radius 1 is 1.19 bits per heavy atom. The maximum Gasteiger partial charge on any atom is 0.208 e. The first-order valence-electron chi connectivity index (χ1n) is 7.08. The monoisotopic (exact) mass is 281 g/mol. The number of hydrogen-bond acceptors (Lipinski definition) is 3. The van der Waals surface area contributed by atoms with Gasteiger partial charge in [0.2, 0.25) is 5.95 Å². The first-order chi connectivity index (χ1) is 10.2. The van der Waals surface area contributed by atoms with E-state index in [1.807, 2.05) is 48.3 Å². The van der Waals surface area contributed by atoms with Crippen molar-refractivity contribution in [2.45, 2.75) is 26.4 Å². The summed E-state index contributed by atoms with van der Waals surface area (Å²) in [7, 11) is 0. The minimum Gasteiger partial charge on any atom is -0.351 e. The quantitative estimate of drug-likeness (QED) is 0.782. The van der Waals surface area contributed by atoms with Gasteiger partial charge in [-0.05, 0) is 32.0 Å². The van der Waals surface area contributed by atoms with Crippen LogP contribution in [-0.4, -0.2) is 25.4 Å². The van der Waals surface area contributed by atoms with Crippen molar-refractivity contribution in [2.24, 2.45) is 0 Å². The molecule has 1 unspecified atom stereocenters. The molecule has 0 spiro atoms. The molecule has 3 rings (SSSR count). The number of imidazole rings is 1. The van der Waals surface area contributed by atoms with E-state index in [9.17, 15) is 0 Å². The molecule has 0 amide bonds. The summed E-state index contributed by atoms with van der Waals surface area (Å²) in [5.74, 6) is 0.860. The lowest BCUT2D eigenvalue weighted by Gasteiger charge is -2.16. The lowest BCUT2D eigenvalue weighted by molar-refractivity contribution is 0.557. The molecule has 0 fully saturated rings. The standard InChI is InChI=1S/C16H19N5/c1-13(11-20-10-6-9-17-20)18-16-19-14(2)12-21(16)15-7-4-3-5-8-15/h3-10,12-13H,11H2,1-2H3,(H,18,19). The summed E-state index contributed by atoms with van der Waals surface area (Å²) in [5, 5.41) is 7.69. The SMILES string of the molecule is Cc1cn(-c2ccccc2)c(NC(C)Cn2cccn2)n1. The van der Waals surface area contributed by atoms with Crippen LogP contribution in [0.3, 0.4) is 0 Å². The summed E-state index contributed by atoms with van der Waals surface area (Å²) in [4.78, 5) is 4.58. The zero-order valence-corrected chi connectivity index (χ0v) is 12.3. The van der Waals surface area contributed by atoms with E-state index in [1.165, 1.54) is 0 Å². The molecule has 1 aromatic carbocycles. The van der Waals surface area contributed by atoms with E-state index in [1.54, 1.807) is 6.20 Å². The number of aryl methyl sites for hydroxylation is 1. The predicted molar refractivity (Wildman–Crippen MR) is 83.6 cm³/mol. The van der Waals surface area contributed by atoms with E-state index in [0.29, 0.717) is 0 Å². The van der Waals surface area contributed by atoms with Gasteiger partial charge in [-0.25, -0.2) is 4.98 Å². The average Bonchev–Trinajstić information content (AvgIpc) is 3.09. The van der Waals surface area contributed by atoms with Gasteiger partial charge in [0, 0.05) is 30.3 Å². The third-order valence-corrected chi connectivity index (χ3v) is 3.26. The van der Waals surface area contributed by atoms with Crippen molar-refractivity contribution in [1.29, 1.82) is 0 Å². The number of anilines is 1. The van der Waals surface area contributed by atoms with Gasteiger partial charge in [0.05, 0.1) is 12.2 Å². The van der Waals surface area contributed by atoms with Crippen molar-refractivity contribution in [3.63, 3.8) is 0 Å². The Labute approximate surface area is 124 Å². The van der Waals surface area contributed by atoms with Crippen LogP contribution in [0.25, 0.3) is 5.69 Å². The number of rotatable bonds is 5. The second-order valence-electron chi connectivity index (χ2n) is 5.18. The van der Waals surface area contributed by atoms with E-state index in [-0.39, 0.29) is 6.04 Å². The van der Waals surface area contributed by atoms with Crippen LogP contribution in [0.15, 0.2) is 55.0 Å². The highest BCUT2D eigenvalue weighted by molar-refractivity contribution is 5.43. The number of nitrogens with zero attached hydrogens (tertiary/aromatic N) is 4. The third-order valence-electron chi connectivity index (χ3n) is 3.26. The Kier molecular flexibility index (Phi) is 3.73. The number of benzene rings is 1. The highest BCUT2D eigenvalue weighted by atomic mass is 15.3. The molecule has 0 aliphatic carbocycles. The van der Waals surface area contributed by atoms with Gasteiger partial charge in [0.1, 0.15) is 0 Å². The molecule has 0 aliphatic rings. The molecule has 0 bridgehead atoms. The minimum atomic E-state index is 0.231. The van der Waals surface area contributed by atoms with Gasteiger partial charge >= 0.3 is 0 Å². The lowest BCUT2D eigenvalue weighted by Crippen LogP contribution is -2.24. The molecule has 5 heteroatoms. The molecule has 1 N–H and O–H groups in total. The van der Waals surface area contributed by atoms with Crippen LogP contribution in [0.2, 0.25) is 0 Å². The molecule has 2 aromatic heterocycles. The van der Waals surface area contributed by atoms with Crippen molar-refractivity contribution in [2.75, 3.05) is 5.32 Å². The average molecular weight is 281 g/mol. The Balaban J connectivity index is 1.79. The smallest absolute Gasteiger partial charge is 0.208 e. The zero-order chi connectivity index (χ0) is 14.7. The van der Waals surface area contributed by atoms with Crippen molar-refractivity contribution in [3.05, 3.63) is 60.7 Å².